The summed E-state index contributed by atoms with van der Waals surface area (Å²) in [5, 5.41) is 7.71. The molecule has 6 rings (SSSR count). The summed E-state index contributed by atoms with van der Waals surface area (Å²) in [5.41, 5.74) is -0.198. The topological polar surface area (TPSA) is 55.5 Å². The van der Waals surface area contributed by atoms with Crippen molar-refractivity contribution in [3.8, 4) is 11.8 Å². The van der Waals surface area contributed by atoms with E-state index in [9.17, 15) is 17.6 Å². The molecule has 2 aromatic carbocycles. The van der Waals surface area contributed by atoms with Crippen LogP contribution in [0.1, 0.15) is 24.0 Å². The average Bonchev–Trinajstić information content (AvgIpc) is 3.55. The van der Waals surface area contributed by atoms with Gasteiger partial charge in [0, 0.05) is 23.4 Å². The fourth-order valence-corrected chi connectivity index (χ4v) is 4.33. The van der Waals surface area contributed by atoms with Crippen molar-refractivity contribution in [2.45, 2.75) is 25.6 Å². The molecule has 1 aliphatic heterocycles. The molecular formula is C24H16F5N5O. The van der Waals surface area contributed by atoms with Crippen LogP contribution in [0.4, 0.5) is 33.5 Å². The normalized spacial score (nSPS) is 17.1. The van der Waals surface area contributed by atoms with E-state index in [0.29, 0.717) is 22.3 Å². The highest BCUT2D eigenvalue weighted by atomic mass is 19.4. The molecule has 0 unspecified atom stereocenters. The first kappa shape index (κ1) is 21.7. The minimum absolute atomic E-state index is 0.0275. The van der Waals surface area contributed by atoms with Gasteiger partial charge in [-0.2, -0.15) is 18.2 Å². The molecule has 0 radical (unpaired) electrons. The number of fused-ring (bicyclic) bond motifs is 4. The van der Waals surface area contributed by atoms with Crippen LogP contribution in [0.2, 0.25) is 0 Å². The molecule has 0 amide bonds. The lowest BCUT2D eigenvalue weighted by molar-refractivity contribution is -0.168. The summed E-state index contributed by atoms with van der Waals surface area (Å²) in [4.78, 5) is 6.11. The van der Waals surface area contributed by atoms with Crippen LogP contribution in [0.15, 0.2) is 36.7 Å². The first-order valence-corrected chi connectivity index (χ1v) is 10.8. The molecule has 6 nitrogen and oxygen atoms in total. The molecule has 0 saturated heterocycles. The summed E-state index contributed by atoms with van der Waals surface area (Å²) < 4.78 is 76.7. The molecule has 3 heterocycles. The molecular weight excluding hydrogens is 469 g/mol. The Morgan fingerprint density at radius 1 is 1.09 bits per heavy atom. The predicted octanol–water partition coefficient (Wildman–Crippen LogP) is 4.92. The van der Waals surface area contributed by atoms with Gasteiger partial charge in [0.25, 0.3) is 5.78 Å². The second-order valence-electron chi connectivity index (χ2n) is 8.53. The largest absolute Gasteiger partial charge is 0.405 e. The monoisotopic (exact) mass is 485 g/mol. The van der Waals surface area contributed by atoms with Crippen molar-refractivity contribution in [2.75, 3.05) is 18.1 Å². The quantitative estimate of drug-likeness (QED) is 0.283. The average molecular weight is 485 g/mol. The Morgan fingerprint density at radius 3 is 2.69 bits per heavy atom. The van der Waals surface area contributed by atoms with E-state index >= 15 is 4.39 Å². The smallest absolute Gasteiger partial charge is 0.375 e. The minimum Gasteiger partial charge on any atom is -0.375 e. The van der Waals surface area contributed by atoms with Crippen LogP contribution in [0, 0.1) is 28.9 Å². The third kappa shape index (κ3) is 3.39. The number of anilines is 2. The van der Waals surface area contributed by atoms with Gasteiger partial charge in [0.05, 0.1) is 24.1 Å². The maximum Gasteiger partial charge on any atom is 0.405 e. The van der Waals surface area contributed by atoms with Gasteiger partial charge in [0.2, 0.25) is 0 Å². The van der Waals surface area contributed by atoms with E-state index in [1.807, 2.05) is 0 Å². The van der Waals surface area contributed by atoms with E-state index in [1.165, 1.54) is 16.8 Å². The van der Waals surface area contributed by atoms with Crippen molar-refractivity contribution in [2.24, 2.45) is 5.41 Å². The number of halogens is 5. The fraction of sp³-hybridized carbons (Fsp3) is 0.292. The number of ether oxygens (including phenoxy) is 1. The molecule has 0 N–H and O–H groups in total. The lowest BCUT2D eigenvalue weighted by Crippen LogP contribution is -2.23. The summed E-state index contributed by atoms with van der Waals surface area (Å²) in [5.74, 6) is 3.29. The maximum atomic E-state index is 15.1. The molecule has 4 aromatic rings. The Morgan fingerprint density at radius 2 is 1.91 bits per heavy atom. The molecule has 2 aromatic heterocycles. The van der Waals surface area contributed by atoms with Crippen LogP contribution >= 0.6 is 0 Å². The zero-order valence-corrected chi connectivity index (χ0v) is 18.0. The third-order valence-electron chi connectivity index (χ3n) is 6.42. The van der Waals surface area contributed by atoms with E-state index in [-0.39, 0.29) is 49.6 Å². The summed E-state index contributed by atoms with van der Waals surface area (Å²) >= 11 is 0. The van der Waals surface area contributed by atoms with Crippen molar-refractivity contribution in [1.82, 2.24) is 19.6 Å². The van der Waals surface area contributed by atoms with E-state index in [0.717, 1.165) is 6.07 Å². The Labute approximate surface area is 195 Å². The fourth-order valence-electron chi connectivity index (χ4n) is 4.33. The van der Waals surface area contributed by atoms with E-state index in [1.54, 1.807) is 23.1 Å². The van der Waals surface area contributed by atoms with Crippen LogP contribution < -0.4 is 4.90 Å². The SMILES string of the molecule is Fc1ccc2c(c(N3CCOCc4c(C#CC5(C(F)(F)F)CC5)cccc43)nc3nncn32)c1F. The Hall–Kier alpha value is -3.78. The first-order valence-electron chi connectivity index (χ1n) is 10.8. The van der Waals surface area contributed by atoms with Crippen LogP contribution in [0.5, 0.6) is 0 Å². The number of hydrogen-bond acceptors (Lipinski definition) is 5. The number of rotatable bonds is 1. The van der Waals surface area contributed by atoms with Crippen molar-refractivity contribution < 1.29 is 26.7 Å². The minimum atomic E-state index is -4.40. The van der Waals surface area contributed by atoms with Crippen LogP contribution in [-0.2, 0) is 11.3 Å². The van der Waals surface area contributed by atoms with Gasteiger partial charge in [-0.25, -0.2) is 8.78 Å². The second-order valence-corrected chi connectivity index (χ2v) is 8.53. The zero-order valence-electron chi connectivity index (χ0n) is 18.0. The number of alkyl halides is 3. The van der Waals surface area contributed by atoms with E-state index < -0.39 is 23.2 Å². The Bertz CT molecular complexity index is 1550. The molecule has 0 atom stereocenters. The third-order valence-corrected chi connectivity index (χ3v) is 6.42. The van der Waals surface area contributed by atoms with E-state index in [2.05, 4.69) is 27.0 Å². The molecule has 0 spiro atoms. The van der Waals surface area contributed by atoms with Gasteiger partial charge in [0.1, 0.15) is 17.6 Å². The summed E-state index contributed by atoms with van der Waals surface area (Å²) in [6, 6.07) is 7.44. The number of nitrogens with zero attached hydrogens (tertiary/aromatic N) is 5. The van der Waals surface area contributed by atoms with Gasteiger partial charge >= 0.3 is 6.18 Å². The predicted molar refractivity (Wildman–Crippen MR) is 116 cm³/mol. The second kappa shape index (κ2) is 7.61. The van der Waals surface area contributed by atoms with Crippen LogP contribution in [-0.4, -0.2) is 38.9 Å². The summed E-state index contributed by atoms with van der Waals surface area (Å²) in [6.07, 6.45) is -3.10. The number of benzene rings is 2. The van der Waals surface area contributed by atoms with Gasteiger partial charge in [-0.05, 0) is 37.1 Å². The van der Waals surface area contributed by atoms with Gasteiger partial charge in [-0.3, -0.25) is 4.40 Å². The van der Waals surface area contributed by atoms with Crippen LogP contribution in [0.25, 0.3) is 16.7 Å². The molecule has 178 valence electrons. The molecule has 2 aliphatic rings. The molecule has 1 fully saturated rings. The lowest BCUT2D eigenvalue weighted by Gasteiger charge is -2.25. The van der Waals surface area contributed by atoms with Crippen molar-refractivity contribution in [3.05, 3.63) is 59.4 Å². The summed E-state index contributed by atoms with van der Waals surface area (Å²) in [6.45, 7) is 0.544. The van der Waals surface area contributed by atoms with Crippen molar-refractivity contribution in [3.63, 3.8) is 0 Å². The summed E-state index contributed by atoms with van der Waals surface area (Å²) in [7, 11) is 0. The van der Waals surface area contributed by atoms with Crippen molar-refractivity contribution >= 4 is 28.2 Å². The van der Waals surface area contributed by atoms with Gasteiger partial charge in [-0.1, -0.05) is 17.9 Å². The number of hydrogen-bond donors (Lipinski definition) is 0. The highest BCUT2D eigenvalue weighted by Gasteiger charge is 2.62. The van der Waals surface area contributed by atoms with Gasteiger partial charge in [-0.15, -0.1) is 10.2 Å². The van der Waals surface area contributed by atoms with E-state index in [4.69, 9.17) is 4.74 Å². The van der Waals surface area contributed by atoms with Gasteiger partial charge < -0.3 is 9.64 Å². The Kier molecular flexibility index (Phi) is 4.73. The molecule has 1 saturated carbocycles. The zero-order chi connectivity index (χ0) is 24.4. The van der Waals surface area contributed by atoms with Gasteiger partial charge in [0.15, 0.2) is 11.6 Å². The first-order chi connectivity index (χ1) is 16.8. The molecule has 1 aliphatic carbocycles. The molecule has 11 heteroatoms. The van der Waals surface area contributed by atoms with Crippen molar-refractivity contribution in [1.29, 1.82) is 0 Å². The maximum absolute atomic E-state index is 15.1. The highest BCUT2D eigenvalue weighted by Crippen LogP contribution is 2.57. The Balaban J connectivity index is 1.55. The number of aromatic nitrogens is 4. The van der Waals surface area contributed by atoms with Crippen LogP contribution in [0.3, 0.4) is 0 Å². The molecule has 35 heavy (non-hydrogen) atoms. The highest BCUT2D eigenvalue weighted by molar-refractivity contribution is 5.94. The lowest BCUT2D eigenvalue weighted by atomic mass is 10.0. The standard InChI is InChI=1S/C24H16F5N5O/c25-16-4-5-18-19(20(16)26)21(31-22-32-30-13-34(18)22)33-10-11-35-12-15-14(2-1-3-17(15)33)6-7-23(8-9-23)24(27,28)29/h1-5,13H,8-12H2. The molecule has 0 bridgehead atoms.